The van der Waals surface area contributed by atoms with Crippen molar-refractivity contribution in [2.75, 3.05) is 6.61 Å². The highest BCUT2D eigenvalue weighted by Crippen LogP contribution is 2.27. The summed E-state index contributed by atoms with van der Waals surface area (Å²) in [5, 5.41) is 0. The van der Waals surface area contributed by atoms with E-state index < -0.39 is 11.8 Å². The maximum Gasteiger partial charge on any atom is 0.276 e. The number of hydrogen-bond donors (Lipinski definition) is 2. The van der Waals surface area contributed by atoms with E-state index in [9.17, 15) is 9.59 Å². The molecule has 2 rings (SSSR count). The molecule has 0 atom stereocenters. The molecule has 2 N–H and O–H groups in total. The van der Waals surface area contributed by atoms with Crippen LogP contribution in [0.3, 0.4) is 0 Å². The SMILES string of the molecule is O=C(/C=C/c1ccco1)NNC(=O)COc1ccc(Br)cc1Br. The van der Waals surface area contributed by atoms with Crippen molar-refractivity contribution in [1.82, 2.24) is 10.9 Å². The Bertz CT molecular complexity index is 714. The molecule has 23 heavy (non-hydrogen) atoms. The molecule has 6 nitrogen and oxygen atoms in total. The van der Waals surface area contributed by atoms with Gasteiger partial charge in [-0.15, -0.1) is 0 Å². The van der Waals surface area contributed by atoms with Crippen LogP contribution in [0.2, 0.25) is 0 Å². The third-order valence-electron chi connectivity index (χ3n) is 2.52. The van der Waals surface area contributed by atoms with Gasteiger partial charge in [-0.1, -0.05) is 15.9 Å². The molecule has 120 valence electrons. The highest BCUT2D eigenvalue weighted by molar-refractivity contribution is 9.11. The molecular formula is C15H12Br2N2O4. The molecule has 0 aliphatic rings. The molecule has 0 unspecified atom stereocenters. The Morgan fingerprint density at radius 1 is 1.22 bits per heavy atom. The van der Waals surface area contributed by atoms with E-state index in [0.717, 1.165) is 4.47 Å². The second kappa shape index (κ2) is 8.54. The molecule has 0 spiro atoms. The number of hydrogen-bond acceptors (Lipinski definition) is 4. The Morgan fingerprint density at radius 3 is 2.74 bits per heavy atom. The number of benzene rings is 1. The van der Waals surface area contributed by atoms with Gasteiger partial charge in [0, 0.05) is 10.5 Å². The lowest BCUT2D eigenvalue weighted by molar-refractivity contribution is -0.128. The molecule has 0 fully saturated rings. The van der Waals surface area contributed by atoms with Crippen LogP contribution in [0.1, 0.15) is 5.76 Å². The summed E-state index contributed by atoms with van der Waals surface area (Å²) < 4.78 is 12.0. The van der Waals surface area contributed by atoms with E-state index in [1.54, 1.807) is 30.3 Å². The normalized spacial score (nSPS) is 10.5. The minimum Gasteiger partial charge on any atom is -0.483 e. The topological polar surface area (TPSA) is 80.6 Å². The molecule has 8 heteroatoms. The lowest BCUT2D eigenvalue weighted by Crippen LogP contribution is -2.43. The van der Waals surface area contributed by atoms with Crippen molar-refractivity contribution in [3.05, 3.63) is 57.4 Å². The average Bonchev–Trinajstić information content (AvgIpc) is 3.03. The smallest absolute Gasteiger partial charge is 0.276 e. The van der Waals surface area contributed by atoms with Crippen molar-refractivity contribution in [2.24, 2.45) is 0 Å². The average molecular weight is 444 g/mol. The largest absolute Gasteiger partial charge is 0.483 e. The summed E-state index contributed by atoms with van der Waals surface area (Å²) >= 11 is 6.64. The molecule has 0 aliphatic carbocycles. The molecule has 0 bridgehead atoms. The second-order valence-electron chi connectivity index (χ2n) is 4.25. The summed E-state index contributed by atoms with van der Waals surface area (Å²) in [5.41, 5.74) is 4.48. The van der Waals surface area contributed by atoms with E-state index in [-0.39, 0.29) is 6.61 Å². The van der Waals surface area contributed by atoms with Crippen LogP contribution in [0.4, 0.5) is 0 Å². The molecule has 2 aromatic rings. The third-order valence-corrected chi connectivity index (χ3v) is 3.63. The fourth-order valence-electron chi connectivity index (χ4n) is 1.49. The minimum atomic E-state index is -0.487. The van der Waals surface area contributed by atoms with E-state index in [1.165, 1.54) is 18.4 Å². The molecule has 0 radical (unpaired) electrons. The summed E-state index contributed by atoms with van der Waals surface area (Å²) in [6.07, 6.45) is 4.22. The van der Waals surface area contributed by atoms with Gasteiger partial charge in [0.25, 0.3) is 11.8 Å². The van der Waals surface area contributed by atoms with Gasteiger partial charge in [0.1, 0.15) is 11.5 Å². The van der Waals surface area contributed by atoms with Crippen LogP contribution < -0.4 is 15.6 Å². The van der Waals surface area contributed by atoms with E-state index in [4.69, 9.17) is 9.15 Å². The summed E-state index contributed by atoms with van der Waals surface area (Å²) in [6.45, 7) is -0.234. The number of hydrazine groups is 1. The fourth-order valence-corrected chi connectivity index (χ4v) is 2.65. The Hall–Kier alpha value is -2.06. The van der Waals surface area contributed by atoms with Crippen LogP contribution in [0.15, 0.2) is 56.0 Å². The molecule has 1 heterocycles. The van der Waals surface area contributed by atoms with Crippen molar-refractivity contribution < 1.29 is 18.7 Å². The van der Waals surface area contributed by atoms with Crippen molar-refractivity contribution in [3.63, 3.8) is 0 Å². The van der Waals surface area contributed by atoms with Gasteiger partial charge < -0.3 is 9.15 Å². The van der Waals surface area contributed by atoms with Crippen molar-refractivity contribution in [2.45, 2.75) is 0 Å². The van der Waals surface area contributed by atoms with Gasteiger partial charge in [-0.3, -0.25) is 20.4 Å². The zero-order chi connectivity index (χ0) is 16.7. The monoisotopic (exact) mass is 442 g/mol. The first-order valence-electron chi connectivity index (χ1n) is 6.43. The summed E-state index contributed by atoms with van der Waals surface area (Å²) in [5.74, 6) is 0.0847. The Kier molecular flexibility index (Phi) is 6.42. The summed E-state index contributed by atoms with van der Waals surface area (Å²) in [7, 11) is 0. The molecule has 1 aromatic heterocycles. The maximum absolute atomic E-state index is 11.6. The molecule has 0 aliphatic heterocycles. The number of carbonyl (C=O) groups excluding carboxylic acids is 2. The van der Waals surface area contributed by atoms with E-state index in [1.807, 2.05) is 0 Å². The van der Waals surface area contributed by atoms with Gasteiger partial charge in [-0.05, 0) is 52.3 Å². The Balaban J connectivity index is 1.73. The molecule has 1 aromatic carbocycles. The van der Waals surface area contributed by atoms with Crippen molar-refractivity contribution >= 4 is 49.8 Å². The van der Waals surface area contributed by atoms with Gasteiger partial charge in [-0.2, -0.15) is 0 Å². The van der Waals surface area contributed by atoms with Crippen molar-refractivity contribution in [3.8, 4) is 5.75 Å². The van der Waals surface area contributed by atoms with Crippen LogP contribution >= 0.6 is 31.9 Å². The van der Waals surface area contributed by atoms with Gasteiger partial charge in [0.05, 0.1) is 10.7 Å². The number of halogens is 2. The number of rotatable bonds is 5. The van der Waals surface area contributed by atoms with Crippen LogP contribution in [-0.4, -0.2) is 18.4 Å². The maximum atomic E-state index is 11.6. The number of amides is 2. The number of carbonyl (C=O) groups is 2. The highest BCUT2D eigenvalue weighted by atomic mass is 79.9. The zero-order valence-corrected chi connectivity index (χ0v) is 14.9. The van der Waals surface area contributed by atoms with Crippen LogP contribution in [0, 0.1) is 0 Å². The lowest BCUT2D eigenvalue weighted by atomic mass is 10.3. The fraction of sp³-hybridized carbons (Fsp3) is 0.0667. The zero-order valence-electron chi connectivity index (χ0n) is 11.7. The molecule has 2 amide bonds. The highest BCUT2D eigenvalue weighted by Gasteiger charge is 2.06. The first-order valence-corrected chi connectivity index (χ1v) is 8.01. The van der Waals surface area contributed by atoms with Gasteiger partial charge in [0.2, 0.25) is 0 Å². The predicted octanol–water partition coefficient (Wildman–Crippen LogP) is 3.04. The van der Waals surface area contributed by atoms with Crippen LogP contribution in [0.5, 0.6) is 5.75 Å². The van der Waals surface area contributed by atoms with Gasteiger partial charge in [-0.25, -0.2) is 0 Å². The third kappa shape index (κ3) is 5.91. The molecule has 0 saturated carbocycles. The summed E-state index contributed by atoms with van der Waals surface area (Å²) in [4.78, 5) is 23.1. The van der Waals surface area contributed by atoms with Gasteiger partial charge in [0.15, 0.2) is 6.61 Å². The molecular weight excluding hydrogens is 432 g/mol. The van der Waals surface area contributed by atoms with Gasteiger partial charge >= 0.3 is 0 Å². The van der Waals surface area contributed by atoms with E-state index >= 15 is 0 Å². The van der Waals surface area contributed by atoms with Crippen LogP contribution in [-0.2, 0) is 9.59 Å². The quantitative estimate of drug-likeness (QED) is 0.549. The molecule has 0 saturated heterocycles. The number of ether oxygens (including phenoxy) is 1. The Labute approximate surface area is 149 Å². The lowest BCUT2D eigenvalue weighted by Gasteiger charge is -2.09. The first kappa shape index (κ1) is 17.3. The van der Waals surface area contributed by atoms with Crippen molar-refractivity contribution in [1.29, 1.82) is 0 Å². The Morgan fingerprint density at radius 2 is 2.04 bits per heavy atom. The first-order chi connectivity index (χ1) is 11.0. The minimum absolute atomic E-state index is 0.234. The summed E-state index contributed by atoms with van der Waals surface area (Å²) in [6, 6.07) is 8.71. The van der Waals surface area contributed by atoms with Crippen LogP contribution in [0.25, 0.3) is 6.08 Å². The standard InChI is InChI=1S/C15H12Br2N2O4/c16-10-3-5-13(12(17)8-10)23-9-15(21)19-18-14(20)6-4-11-2-1-7-22-11/h1-8H,9H2,(H,18,20)(H,19,21)/b6-4+. The predicted molar refractivity (Wildman–Crippen MR) is 91.4 cm³/mol. The van der Waals surface area contributed by atoms with E-state index in [0.29, 0.717) is 16.0 Å². The van der Waals surface area contributed by atoms with E-state index in [2.05, 4.69) is 42.7 Å². The second-order valence-corrected chi connectivity index (χ2v) is 6.02. The number of nitrogens with one attached hydrogen (secondary N) is 2. The number of furan rings is 1.